The standard InChI is InChI=1S/C14H19NO4/c1-2-11-3-5-12(6-4-11)14(18)15-8-10-19-9-7-13(16)17/h3-6H,2,7-10H2,1H3,(H,15,18)(H,16,17). The Balaban J connectivity index is 2.21. The van der Waals surface area contributed by atoms with E-state index in [-0.39, 0.29) is 18.9 Å². The van der Waals surface area contributed by atoms with Crippen LogP contribution in [0, 0.1) is 0 Å². The minimum atomic E-state index is -0.889. The summed E-state index contributed by atoms with van der Waals surface area (Å²) in [6.45, 7) is 2.90. The van der Waals surface area contributed by atoms with E-state index in [1.807, 2.05) is 12.1 Å². The number of carboxylic acid groups (broad SMARTS) is 1. The Bertz CT molecular complexity index is 414. The number of benzene rings is 1. The summed E-state index contributed by atoms with van der Waals surface area (Å²) in [6, 6.07) is 7.44. The average Bonchev–Trinajstić information content (AvgIpc) is 2.42. The molecule has 0 aliphatic rings. The van der Waals surface area contributed by atoms with Gasteiger partial charge in [-0.2, -0.15) is 0 Å². The number of carboxylic acids is 1. The Morgan fingerprint density at radius 3 is 2.47 bits per heavy atom. The van der Waals surface area contributed by atoms with E-state index < -0.39 is 5.97 Å². The number of rotatable bonds is 8. The highest BCUT2D eigenvalue weighted by molar-refractivity contribution is 5.94. The molecule has 2 N–H and O–H groups in total. The molecule has 0 saturated carbocycles. The molecule has 1 amide bonds. The second-order valence-corrected chi connectivity index (χ2v) is 4.06. The predicted octanol–water partition coefficient (Wildman–Crippen LogP) is 1.47. The van der Waals surface area contributed by atoms with Gasteiger partial charge in [-0.1, -0.05) is 19.1 Å². The number of hydrogen-bond acceptors (Lipinski definition) is 3. The van der Waals surface area contributed by atoms with Crippen LogP contribution >= 0.6 is 0 Å². The lowest BCUT2D eigenvalue weighted by Crippen LogP contribution is -2.27. The Hall–Kier alpha value is -1.88. The monoisotopic (exact) mass is 265 g/mol. The number of hydrogen-bond donors (Lipinski definition) is 2. The Morgan fingerprint density at radius 2 is 1.89 bits per heavy atom. The zero-order valence-electron chi connectivity index (χ0n) is 11.0. The first-order chi connectivity index (χ1) is 9.13. The van der Waals surface area contributed by atoms with E-state index in [0.29, 0.717) is 18.7 Å². The maximum Gasteiger partial charge on any atom is 0.305 e. The van der Waals surface area contributed by atoms with Crippen molar-refractivity contribution in [2.24, 2.45) is 0 Å². The summed E-state index contributed by atoms with van der Waals surface area (Å²) in [6.07, 6.45) is 0.922. The van der Waals surface area contributed by atoms with Crippen LogP contribution in [0.4, 0.5) is 0 Å². The van der Waals surface area contributed by atoms with Gasteiger partial charge >= 0.3 is 5.97 Å². The van der Waals surface area contributed by atoms with Gasteiger partial charge in [0, 0.05) is 12.1 Å². The second kappa shape index (κ2) is 8.26. The third-order valence-corrected chi connectivity index (χ3v) is 2.62. The molecule has 5 heteroatoms. The highest BCUT2D eigenvalue weighted by Gasteiger charge is 2.04. The van der Waals surface area contributed by atoms with Crippen LogP contribution in [0.3, 0.4) is 0 Å². The predicted molar refractivity (Wildman–Crippen MR) is 71.2 cm³/mol. The summed E-state index contributed by atoms with van der Waals surface area (Å²) < 4.78 is 5.07. The minimum absolute atomic E-state index is 0.0214. The molecule has 0 atom stereocenters. The Kier molecular flexibility index (Phi) is 6.60. The molecule has 1 rings (SSSR count). The molecule has 0 heterocycles. The molecule has 0 bridgehead atoms. The quantitative estimate of drug-likeness (QED) is 0.698. The number of carbonyl (C=O) groups is 2. The van der Waals surface area contributed by atoms with Crippen LogP contribution in [-0.2, 0) is 16.0 Å². The summed E-state index contributed by atoms with van der Waals surface area (Å²) in [5.41, 5.74) is 1.80. The molecule has 104 valence electrons. The lowest BCUT2D eigenvalue weighted by atomic mass is 10.1. The van der Waals surface area contributed by atoms with E-state index in [1.165, 1.54) is 5.56 Å². The lowest BCUT2D eigenvalue weighted by Gasteiger charge is -2.06. The molecule has 0 fully saturated rings. The van der Waals surface area contributed by atoms with Gasteiger partial charge in [-0.3, -0.25) is 9.59 Å². The van der Waals surface area contributed by atoms with Crippen LogP contribution in [0.2, 0.25) is 0 Å². The number of aryl methyl sites for hydroxylation is 1. The van der Waals surface area contributed by atoms with Gasteiger partial charge in [0.05, 0.1) is 19.6 Å². The number of nitrogens with one attached hydrogen (secondary N) is 1. The van der Waals surface area contributed by atoms with Gasteiger partial charge in [-0.05, 0) is 24.1 Å². The molecule has 19 heavy (non-hydrogen) atoms. The van der Waals surface area contributed by atoms with Gasteiger partial charge in [0.1, 0.15) is 0 Å². The summed E-state index contributed by atoms with van der Waals surface area (Å²) in [5, 5.41) is 11.1. The van der Waals surface area contributed by atoms with Crippen molar-refractivity contribution in [1.29, 1.82) is 0 Å². The molecule has 5 nitrogen and oxygen atoms in total. The van der Waals surface area contributed by atoms with Crippen molar-refractivity contribution in [3.63, 3.8) is 0 Å². The normalized spacial score (nSPS) is 10.2. The van der Waals surface area contributed by atoms with Crippen molar-refractivity contribution in [2.75, 3.05) is 19.8 Å². The van der Waals surface area contributed by atoms with Gasteiger partial charge in [-0.15, -0.1) is 0 Å². The average molecular weight is 265 g/mol. The third kappa shape index (κ3) is 6.01. The molecule has 0 spiro atoms. The number of ether oxygens (including phenoxy) is 1. The molecule has 0 saturated heterocycles. The zero-order chi connectivity index (χ0) is 14.1. The molecule has 0 aromatic heterocycles. The zero-order valence-corrected chi connectivity index (χ0v) is 11.0. The molecule has 0 aliphatic carbocycles. The SMILES string of the molecule is CCc1ccc(C(=O)NCCOCCC(=O)O)cc1. The maximum atomic E-state index is 11.7. The Morgan fingerprint density at radius 1 is 1.21 bits per heavy atom. The van der Waals surface area contributed by atoms with Crippen LogP contribution in [-0.4, -0.2) is 36.7 Å². The second-order valence-electron chi connectivity index (χ2n) is 4.06. The third-order valence-electron chi connectivity index (χ3n) is 2.62. The number of amides is 1. The molecule has 0 radical (unpaired) electrons. The van der Waals surface area contributed by atoms with Gasteiger partial charge < -0.3 is 15.2 Å². The van der Waals surface area contributed by atoms with Gasteiger partial charge in [-0.25, -0.2) is 0 Å². The summed E-state index contributed by atoms with van der Waals surface area (Å²) in [4.78, 5) is 22.0. The molecule has 1 aromatic rings. The fraction of sp³-hybridized carbons (Fsp3) is 0.429. The van der Waals surface area contributed by atoms with Crippen molar-refractivity contribution in [3.8, 4) is 0 Å². The van der Waals surface area contributed by atoms with Crippen molar-refractivity contribution in [1.82, 2.24) is 5.32 Å². The van der Waals surface area contributed by atoms with E-state index in [4.69, 9.17) is 9.84 Å². The van der Waals surface area contributed by atoms with Crippen molar-refractivity contribution < 1.29 is 19.4 Å². The largest absolute Gasteiger partial charge is 0.481 e. The summed E-state index contributed by atoms with van der Waals surface area (Å²) >= 11 is 0. The number of carbonyl (C=O) groups excluding carboxylic acids is 1. The van der Waals surface area contributed by atoms with Gasteiger partial charge in [0.25, 0.3) is 5.91 Å². The molecular formula is C14H19NO4. The van der Waals surface area contributed by atoms with Crippen LogP contribution in [0.1, 0.15) is 29.3 Å². The van der Waals surface area contributed by atoms with E-state index in [9.17, 15) is 9.59 Å². The lowest BCUT2D eigenvalue weighted by molar-refractivity contribution is -0.138. The Labute approximate surface area is 112 Å². The summed E-state index contributed by atoms with van der Waals surface area (Å²) in [7, 11) is 0. The van der Waals surface area contributed by atoms with E-state index in [2.05, 4.69) is 12.2 Å². The highest BCUT2D eigenvalue weighted by Crippen LogP contribution is 2.04. The smallest absolute Gasteiger partial charge is 0.305 e. The van der Waals surface area contributed by atoms with Crippen molar-refractivity contribution in [3.05, 3.63) is 35.4 Å². The van der Waals surface area contributed by atoms with Crippen LogP contribution < -0.4 is 5.32 Å². The topological polar surface area (TPSA) is 75.6 Å². The van der Waals surface area contributed by atoms with Gasteiger partial charge in [0.2, 0.25) is 0 Å². The van der Waals surface area contributed by atoms with Crippen molar-refractivity contribution >= 4 is 11.9 Å². The van der Waals surface area contributed by atoms with E-state index in [0.717, 1.165) is 6.42 Å². The maximum absolute atomic E-state index is 11.7. The van der Waals surface area contributed by atoms with Gasteiger partial charge in [0.15, 0.2) is 0 Å². The van der Waals surface area contributed by atoms with Crippen LogP contribution in [0.5, 0.6) is 0 Å². The fourth-order valence-corrected chi connectivity index (χ4v) is 1.49. The van der Waals surface area contributed by atoms with Crippen molar-refractivity contribution in [2.45, 2.75) is 19.8 Å². The van der Waals surface area contributed by atoms with Crippen LogP contribution in [0.25, 0.3) is 0 Å². The van der Waals surface area contributed by atoms with E-state index in [1.54, 1.807) is 12.1 Å². The fourth-order valence-electron chi connectivity index (χ4n) is 1.49. The first-order valence-electron chi connectivity index (χ1n) is 6.30. The molecule has 1 aromatic carbocycles. The summed E-state index contributed by atoms with van der Waals surface area (Å²) in [5.74, 6) is -1.04. The molecule has 0 unspecified atom stereocenters. The molecule has 0 aliphatic heterocycles. The highest BCUT2D eigenvalue weighted by atomic mass is 16.5. The van der Waals surface area contributed by atoms with E-state index >= 15 is 0 Å². The molecular weight excluding hydrogens is 246 g/mol. The van der Waals surface area contributed by atoms with Crippen LogP contribution in [0.15, 0.2) is 24.3 Å². The minimum Gasteiger partial charge on any atom is -0.481 e. The number of aliphatic carboxylic acids is 1. The first-order valence-corrected chi connectivity index (χ1v) is 6.30. The first kappa shape index (κ1) is 15.2.